The maximum absolute atomic E-state index is 13.8. The summed E-state index contributed by atoms with van der Waals surface area (Å²) in [6.45, 7) is 8.45. The molecule has 1 aliphatic heterocycles. The summed E-state index contributed by atoms with van der Waals surface area (Å²) in [4.78, 5) is 49.9. The van der Waals surface area contributed by atoms with Crippen LogP contribution >= 0.6 is 0 Å². The van der Waals surface area contributed by atoms with Crippen molar-refractivity contribution in [2.24, 2.45) is 28.6 Å². The fourth-order valence-corrected chi connectivity index (χ4v) is 8.39. The number of hydrogen-bond acceptors (Lipinski definition) is 8. The topological polar surface area (TPSA) is 105 Å². The zero-order valence-corrected chi connectivity index (χ0v) is 21.7. The monoisotopic (exact) mass is 500 g/mol. The van der Waals surface area contributed by atoms with Gasteiger partial charge in [0, 0.05) is 30.6 Å². The van der Waals surface area contributed by atoms with E-state index in [1.54, 1.807) is 12.2 Å². The molecule has 5 aliphatic rings. The van der Waals surface area contributed by atoms with Gasteiger partial charge in [-0.3, -0.25) is 19.2 Å². The van der Waals surface area contributed by atoms with Gasteiger partial charge in [-0.15, -0.1) is 0 Å². The second-order valence-corrected chi connectivity index (χ2v) is 11.5. The first-order chi connectivity index (χ1) is 17.0. The lowest BCUT2D eigenvalue weighted by atomic mass is 9.46. The Balaban J connectivity index is 1.59. The van der Waals surface area contributed by atoms with E-state index in [4.69, 9.17) is 18.9 Å². The number of rotatable bonds is 5. The van der Waals surface area contributed by atoms with Crippen LogP contribution in [0.15, 0.2) is 23.8 Å². The van der Waals surface area contributed by atoms with Gasteiger partial charge in [0.1, 0.15) is 6.10 Å². The highest BCUT2D eigenvalue weighted by Crippen LogP contribution is 2.70. The molecular weight excluding hydrogens is 464 g/mol. The number of carbonyl (C=O) groups is 4. The van der Waals surface area contributed by atoms with Gasteiger partial charge in [-0.25, -0.2) is 0 Å². The van der Waals surface area contributed by atoms with Crippen molar-refractivity contribution in [1.29, 1.82) is 0 Å². The van der Waals surface area contributed by atoms with E-state index < -0.39 is 40.9 Å². The van der Waals surface area contributed by atoms with Crippen molar-refractivity contribution in [1.82, 2.24) is 0 Å². The molecule has 0 N–H and O–H groups in total. The molecule has 3 saturated carbocycles. The van der Waals surface area contributed by atoms with E-state index in [9.17, 15) is 19.2 Å². The number of esters is 2. The van der Waals surface area contributed by atoms with Crippen LogP contribution in [-0.2, 0) is 38.1 Å². The number of ether oxygens (including phenoxy) is 4. The lowest BCUT2D eigenvalue weighted by molar-refractivity contribution is -0.207. The van der Waals surface area contributed by atoms with Gasteiger partial charge in [0.2, 0.25) is 5.78 Å². The van der Waals surface area contributed by atoms with E-state index in [0.717, 1.165) is 18.4 Å². The minimum atomic E-state index is -1.29. The Morgan fingerprint density at radius 3 is 2.58 bits per heavy atom. The summed E-state index contributed by atoms with van der Waals surface area (Å²) >= 11 is 0. The lowest BCUT2D eigenvalue weighted by Crippen LogP contribution is -2.64. The molecule has 8 heteroatoms. The van der Waals surface area contributed by atoms with Crippen LogP contribution in [0.1, 0.15) is 66.7 Å². The molecule has 0 aromatic carbocycles. The Hall–Kier alpha value is -2.32. The van der Waals surface area contributed by atoms with Gasteiger partial charge in [-0.2, -0.15) is 0 Å². The Morgan fingerprint density at radius 1 is 1.17 bits per heavy atom. The summed E-state index contributed by atoms with van der Waals surface area (Å²) in [7, 11) is 0. The first-order valence-corrected chi connectivity index (χ1v) is 13.1. The smallest absolute Gasteiger partial charge is 0.303 e. The minimum absolute atomic E-state index is 0.0107. The molecule has 0 bridgehead atoms. The molecule has 1 saturated heterocycles. The van der Waals surface area contributed by atoms with E-state index in [0.29, 0.717) is 19.3 Å². The van der Waals surface area contributed by atoms with Gasteiger partial charge in [0.05, 0.1) is 6.10 Å². The van der Waals surface area contributed by atoms with Crippen LogP contribution in [-0.4, -0.2) is 54.2 Å². The molecule has 9 unspecified atom stereocenters. The van der Waals surface area contributed by atoms with Gasteiger partial charge in [-0.05, 0) is 56.1 Å². The molecule has 1 heterocycles. The number of Topliss-reactive ketones (excluding diaryl/α,β-unsaturated/α-hetero) is 1. The molecule has 196 valence electrons. The van der Waals surface area contributed by atoms with Crippen molar-refractivity contribution < 1.29 is 38.1 Å². The molecule has 0 amide bonds. The second-order valence-electron chi connectivity index (χ2n) is 11.5. The van der Waals surface area contributed by atoms with Crippen molar-refractivity contribution in [2.45, 2.75) is 90.8 Å². The van der Waals surface area contributed by atoms with Crippen LogP contribution in [0.4, 0.5) is 0 Å². The van der Waals surface area contributed by atoms with Gasteiger partial charge < -0.3 is 18.9 Å². The molecule has 0 spiro atoms. The second kappa shape index (κ2) is 8.62. The van der Waals surface area contributed by atoms with Gasteiger partial charge in [-0.1, -0.05) is 32.4 Å². The van der Waals surface area contributed by atoms with Crippen molar-refractivity contribution in [3.63, 3.8) is 0 Å². The van der Waals surface area contributed by atoms with Crippen LogP contribution in [0.3, 0.4) is 0 Å². The average molecular weight is 501 g/mol. The van der Waals surface area contributed by atoms with Gasteiger partial charge >= 0.3 is 11.9 Å². The van der Waals surface area contributed by atoms with E-state index in [1.165, 1.54) is 13.8 Å². The summed E-state index contributed by atoms with van der Waals surface area (Å²) in [6, 6.07) is 0. The van der Waals surface area contributed by atoms with E-state index in [2.05, 4.69) is 13.8 Å². The van der Waals surface area contributed by atoms with Crippen molar-refractivity contribution in [3.05, 3.63) is 23.8 Å². The Bertz CT molecular complexity index is 1060. The third-order valence-electron chi connectivity index (χ3n) is 9.74. The number of hydrogen-bond donors (Lipinski definition) is 0. The lowest BCUT2D eigenvalue weighted by Gasteiger charge is -2.60. The maximum atomic E-state index is 13.8. The summed E-state index contributed by atoms with van der Waals surface area (Å²) in [5.74, 6) is -1.04. The predicted molar refractivity (Wildman–Crippen MR) is 127 cm³/mol. The highest BCUT2D eigenvalue weighted by atomic mass is 16.7. The van der Waals surface area contributed by atoms with Gasteiger partial charge in [0.15, 0.2) is 24.3 Å². The van der Waals surface area contributed by atoms with Crippen LogP contribution in [0.2, 0.25) is 0 Å². The van der Waals surface area contributed by atoms with Crippen molar-refractivity contribution >= 4 is 23.5 Å². The molecule has 5 rings (SSSR count). The minimum Gasteiger partial charge on any atom is -0.462 e. The fourth-order valence-electron chi connectivity index (χ4n) is 8.39. The Morgan fingerprint density at radius 2 is 1.92 bits per heavy atom. The van der Waals surface area contributed by atoms with Crippen molar-refractivity contribution in [3.8, 4) is 0 Å². The number of fused-ring (bicyclic) bond motifs is 7. The first kappa shape index (κ1) is 25.3. The van der Waals surface area contributed by atoms with Crippen molar-refractivity contribution in [2.75, 3.05) is 6.61 Å². The molecule has 0 radical (unpaired) electrons. The highest BCUT2D eigenvalue weighted by Gasteiger charge is 2.76. The van der Waals surface area contributed by atoms with Gasteiger partial charge in [0.25, 0.3) is 0 Å². The zero-order chi connectivity index (χ0) is 26.0. The van der Waals surface area contributed by atoms with E-state index >= 15 is 0 Å². The molecule has 4 fully saturated rings. The normalized spacial score (nSPS) is 44.6. The van der Waals surface area contributed by atoms with E-state index in [-0.39, 0.29) is 41.9 Å². The average Bonchev–Trinajstić information content (AvgIpc) is 3.30. The number of carbonyl (C=O) groups excluding carboxylic acids is 4. The molecule has 36 heavy (non-hydrogen) atoms. The standard InChI is InChI=1S/C28H36O8/c1-6-24-35-23-12-20-19-8-7-17-11-18(31)9-10-26(17,4)25(19)21(34-16(3)30)13-27(20,5)28(23,36-24)22(32)14-33-15(2)29/h9-11,19-21,23-25H,6-8,12-14H2,1-5H3. The van der Waals surface area contributed by atoms with Crippen LogP contribution in [0.5, 0.6) is 0 Å². The SMILES string of the molecule is CCC1OC2CC3C4CCC5=CC(=O)C=CC5(C)C4C(OC(C)=O)CC3(C)C2(C(=O)COC(C)=O)O1. The zero-order valence-electron chi connectivity index (χ0n) is 21.7. The molecule has 0 aromatic heterocycles. The quantitative estimate of drug-likeness (QED) is 0.529. The van der Waals surface area contributed by atoms with Crippen LogP contribution < -0.4 is 0 Å². The first-order valence-electron chi connectivity index (χ1n) is 13.1. The number of allylic oxidation sites excluding steroid dienone is 4. The maximum Gasteiger partial charge on any atom is 0.303 e. The summed E-state index contributed by atoms with van der Waals surface area (Å²) in [5.41, 5.74) is -1.31. The Labute approximate surface area is 211 Å². The number of ketones is 2. The summed E-state index contributed by atoms with van der Waals surface area (Å²) in [5, 5.41) is 0. The molecule has 9 atom stereocenters. The third kappa shape index (κ3) is 3.47. The largest absolute Gasteiger partial charge is 0.462 e. The molecule has 4 aliphatic carbocycles. The fraction of sp³-hybridized carbons (Fsp3) is 0.714. The Kier molecular flexibility index (Phi) is 6.07. The third-order valence-corrected chi connectivity index (χ3v) is 9.74. The van der Waals surface area contributed by atoms with Crippen LogP contribution in [0, 0.1) is 28.6 Å². The summed E-state index contributed by atoms with van der Waals surface area (Å²) < 4.78 is 24.0. The molecule has 0 aromatic rings. The highest BCUT2D eigenvalue weighted by molar-refractivity contribution is 6.01. The van der Waals surface area contributed by atoms with E-state index in [1.807, 2.05) is 13.0 Å². The molecule has 8 nitrogen and oxygen atoms in total. The molecular formula is C28H36O8. The summed E-state index contributed by atoms with van der Waals surface area (Å²) in [6.07, 6.45) is 7.13. The van der Waals surface area contributed by atoms with Crippen LogP contribution in [0.25, 0.3) is 0 Å². The predicted octanol–water partition coefficient (Wildman–Crippen LogP) is 3.47.